The van der Waals surface area contributed by atoms with E-state index in [0.29, 0.717) is 24.4 Å². The molecule has 0 aliphatic heterocycles. The van der Waals surface area contributed by atoms with Crippen molar-refractivity contribution in [3.05, 3.63) is 30.1 Å². The second kappa shape index (κ2) is 6.02. The summed E-state index contributed by atoms with van der Waals surface area (Å²) in [5, 5.41) is 9.93. The number of nitrogens with zero attached hydrogens (tertiary/aromatic N) is 3. The molecule has 0 aliphatic carbocycles. The molecule has 0 atom stereocenters. The van der Waals surface area contributed by atoms with Crippen molar-refractivity contribution < 1.29 is 9.90 Å². The topological polar surface area (TPSA) is 66.3 Å². The fourth-order valence-electron chi connectivity index (χ4n) is 2.04. The second-order valence-corrected chi connectivity index (χ2v) is 4.32. The van der Waals surface area contributed by atoms with Gasteiger partial charge in [0.1, 0.15) is 5.82 Å². The number of hydrogen-bond donors (Lipinski definition) is 1. The summed E-state index contributed by atoms with van der Waals surface area (Å²) < 4.78 is 0. The third kappa shape index (κ3) is 2.69. The van der Waals surface area contributed by atoms with E-state index in [0.717, 1.165) is 11.8 Å². The Kier molecular flexibility index (Phi) is 4.16. The predicted molar refractivity (Wildman–Crippen MR) is 77.8 cm³/mol. The molecule has 5 nitrogen and oxygen atoms in total. The number of hydrogen-bond acceptors (Lipinski definition) is 4. The fraction of sp³-hybridized carbons (Fsp3) is 0.267. The summed E-state index contributed by atoms with van der Waals surface area (Å²) in [7, 11) is 0. The van der Waals surface area contributed by atoms with E-state index < -0.39 is 5.97 Å². The number of rotatable bonds is 5. The third-order valence-electron chi connectivity index (χ3n) is 2.85. The summed E-state index contributed by atoms with van der Waals surface area (Å²) in [6, 6.07) is 7.33. The van der Waals surface area contributed by atoms with E-state index in [4.69, 9.17) is 11.5 Å². The Hall–Kier alpha value is -2.61. The zero-order valence-electron chi connectivity index (χ0n) is 11.2. The Balaban J connectivity index is 2.65. The molecule has 1 heterocycles. The standard InChI is InChI=1S/C15H15N3O2/c1-3-9-18(10-4-2)14-11-7-5-6-8-12(11)16-13(17-14)15(19)20/h1,5-8H,4,9-10H2,2H3,(H,19,20). The maximum absolute atomic E-state index is 11.2. The van der Waals surface area contributed by atoms with Gasteiger partial charge in [-0.2, -0.15) is 0 Å². The highest BCUT2D eigenvalue weighted by molar-refractivity contribution is 5.93. The van der Waals surface area contributed by atoms with Crippen LogP contribution in [0.5, 0.6) is 0 Å². The maximum atomic E-state index is 11.2. The van der Waals surface area contributed by atoms with Crippen LogP contribution in [0.25, 0.3) is 10.9 Å². The summed E-state index contributed by atoms with van der Waals surface area (Å²) in [6.07, 6.45) is 6.28. The number of para-hydroxylation sites is 1. The molecule has 2 aromatic rings. The van der Waals surface area contributed by atoms with Crippen LogP contribution in [0.2, 0.25) is 0 Å². The van der Waals surface area contributed by atoms with Crippen LogP contribution >= 0.6 is 0 Å². The Morgan fingerprint density at radius 1 is 1.40 bits per heavy atom. The van der Waals surface area contributed by atoms with E-state index >= 15 is 0 Å². The van der Waals surface area contributed by atoms with Crippen molar-refractivity contribution >= 4 is 22.7 Å². The first kappa shape index (κ1) is 13.8. The molecule has 0 saturated carbocycles. The molecular weight excluding hydrogens is 254 g/mol. The zero-order chi connectivity index (χ0) is 14.5. The first-order valence-electron chi connectivity index (χ1n) is 6.35. The second-order valence-electron chi connectivity index (χ2n) is 4.32. The number of aromatic carboxylic acids is 1. The number of carbonyl (C=O) groups is 1. The molecule has 1 N–H and O–H groups in total. The lowest BCUT2D eigenvalue weighted by atomic mass is 10.2. The summed E-state index contributed by atoms with van der Waals surface area (Å²) in [6.45, 7) is 3.13. The van der Waals surface area contributed by atoms with Crippen LogP contribution in [-0.4, -0.2) is 34.1 Å². The lowest BCUT2D eigenvalue weighted by Crippen LogP contribution is -2.26. The predicted octanol–water partition coefficient (Wildman–Crippen LogP) is 2.18. The highest BCUT2D eigenvalue weighted by Gasteiger charge is 2.16. The van der Waals surface area contributed by atoms with Gasteiger partial charge in [-0.25, -0.2) is 14.8 Å². The monoisotopic (exact) mass is 269 g/mol. The number of benzene rings is 1. The van der Waals surface area contributed by atoms with Crippen LogP contribution in [0, 0.1) is 12.3 Å². The smallest absolute Gasteiger partial charge is 0.374 e. The molecule has 0 bridgehead atoms. The molecule has 1 aromatic carbocycles. The average molecular weight is 269 g/mol. The average Bonchev–Trinajstić information content (AvgIpc) is 2.46. The zero-order valence-corrected chi connectivity index (χ0v) is 11.2. The molecule has 0 spiro atoms. The van der Waals surface area contributed by atoms with E-state index in [9.17, 15) is 4.79 Å². The van der Waals surface area contributed by atoms with Crippen LogP contribution in [0.4, 0.5) is 5.82 Å². The first-order valence-corrected chi connectivity index (χ1v) is 6.35. The maximum Gasteiger partial charge on any atom is 0.374 e. The van der Waals surface area contributed by atoms with Crippen molar-refractivity contribution in [1.82, 2.24) is 9.97 Å². The van der Waals surface area contributed by atoms with E-state index in [1.54, 1.807) is 6.07 Å². The minimum absolute atomic E-state index is 0.211. The molecule has 0 aliphatic rings. The molecule has 0 saturated heterocycles. The minimum atomic E-state index is -1.14. The number of carboxylic acid groups (broad SMARTS) is 1. The molecule has 0 unspecified atom stereocenters. The molecule has 5 heteroatoms. The lowest BCUT2D eigenvalue weighted by Gasteiger charge is -2.22. The van der Waals surface area contributed by atoms with Crippen LogP contribution in [0.1, 0.15) is 24.0 Å². The lowest BCUT2D eigenvalue weighted by molar-refractivity contribution is 0.0684. The minimum Gasteiger partial charge on any atom is -0.475 e. The van der Waals surface area contributed by atoms with Crippen molar-refractivity contribution in [3.8, 4) is 12.3 Å². The normalized spacial score (nSPS) is 10.2. The van der Waals surface area contributed by atoms with Gasteiger partial charge in [-0.05, 0) is 18.6 Å². The molecule has 0 fully saturated rings. The van der Waals surface area contributed by atoms with Crippen molar-refractivity contribution in [2.45, 2.75) is 13.3 Å². The molecule has 2 rings (SSSR count). The molecule has 102 valence electrons. The van der Waals surface area contributed by atoms with Crippen molar-refractivity contribution in [3.63, 3.8) is 0 Å². The molecular formula is C15H15N3O2. The Morgan fingerprint density at radius 2 is 2.15 bits per heavy atom. The van der Waals surface area contributed by atoms with Crippen LogP contribution < -0.4 is 4.90 Å². The number of terminal acetylenes is 1. The van der Waals surface area contributed by atoms with Gasteiger partial charge in [0.2, 0.25) is 5.82 Å². The van der Waals surface area contributed by atoms with Gasteiger partial charge in [0.15, 0.2) is 0 Å². The van der Waals surface area contributed by atoms with E-state index in [1.807, 2.05) is 30.0 Å². The van der Waals surface area contributed by atoms with Crippen LogP contribution in [0.15, 0.2) is 24.3 Å². The van der Waals surface area contributed by atoms with E-state index in [-0.39, 0.29) is 5.82 Å². The molecule has 1 aromatic heterocycles. The number of anilines is 1. The van der Waals surface area contributed by atoms with Gasteiger partial charge < -0.3 is 10.0 Å². The third-order valence-corrected chi connectivity index (χ3v) is 2.85. The van der Waals surface area contributed by atoms with Crippen LogP contribution in [-0.2, 0) is 0 Å². The molecule has 0 radical (unpaired) electrons. The quantitative estimate of drug-likeness (QED) is 0.843. The Bertz CT molecular complexity index is 676. The summed E-state index contributed by atoms with van der Waals surface area (Å²) >= 11 is 0. The van der Waals surface area contributed by atoms with Gasteiger partial charge in [-0.15, -0.1) is 6.42 Å². The Morgan fingerprint density at radius 3 is 2.80 bits per heavy atom. The van der Waals surface area contributed by atoms with Gasteiger partial charge >= 0.3 is 5.97 Å². The fourth-order valence-corrected chi connectivity index (χ4v) is 2.04. The van der Waals surface area contributed by atoms with Gasteiger partial charge in [0, 0.05) is 11.9 Å². The van der Waals surface area contributed by atoms with Gasteiger partial charge in [0.25, 0.3) is 0 Å². The van der Waals surface area contributed by atoms with Gasteiger partial charge in [0.05, 0.1) is 12.1 Å². The van der Waals surface area contributed by atoms with Crippen molar-refractivity contribution in [1.29, 1.82) is 0 Å². The SMILES string of the molecule is C#CCN(CCC)c1nc(C(=O)O)nc2ccccc12. The summed E-state index contributed by atoms with van der Waals surface area (Å²) in [5.41, 5.74) is 0.605. The van der Waals surface area contributed by atoms with Crippen molar-refractivity contribution in [2.75, 3.05) is 18.0 Å². The van der Waals surface area contributed by atoms with E-state index in [2.05, 4.69) is 15.9 Å². The Labute approximate surface area is 117 Å². The van der Waals surface area contributed by atoms with E-state index in [1.165, 1.54) is 0 Å². The highest BCUT2D eigenvalue weighted by Crippen LogP contribution is 2.23. The number of carboxylic acids is 1. The van der Waals surface area contributed by atoms with Crippen LogP contribution in [0.3, 0.4) is 0 Å². The molecule has 20 heavy (non-hydrogen) atoms. The van der Waals surface area contributed by atoms with Gasteiger partial charge in [-0.1, -0.05) is 25.0 Å². The van der Waals surface area contributed by atoms with Crippen molar-refractivity contribution in [2.24, 2.45) is 0 Å². The van der Waals surface area contributed by atoms with Gasteiger partial charge in [-0.3, -0.25) is 0 Å². The first-order chi connectivity index (χ1) is 9.67. The summed E-state index contributed by atoms with van der Waals surface area (Å²) in [4.78, 5) is 21.3. The highest BCUT2D eigenvalue weighted by atomic mass is 16.4. The summed E-state index contributed by atoms with van der Waals surface area (Å²) in [5.74, 6) is 1.80. The number of fused-ring (bicyclic) bond motifs is 1. The molecule has 0 amide bonds. The largest absolute Gasteiger partial charge is 0.475 e. The number of aromatic nitrogens is 2.